The highest BCUT2D eigenvalue weighted by Crippen LogP contribution is 2.38. The summed E-state index contributed by atoms with van der Waals surface area (Å²) in [6, 6.07) is 0. The van der Waals surface area contributed by atoms with Gasteiger partial charge >= 0.3 is 11.9 Å². The first-order chi connectivity index (χ1) is 24.5. The monoisotopic (exact) mass is 740 g/mol. The van der Waals surface area contributed by atoms with E-state index in [1.165, 1.54) is 38.5 Å². The van der Waals surface area contributed by atoms with Crippen molar-refractivity contribution >= 4 is 19.8 Å². The number of rotatable bonds is 35. The van der Waals surface area contributed by atoms with E-state index in [1.807, 2.05) is 21.1 Å². The summed E-state index contributed by atoms with van der Waals surface area (Å²) >= 11 is 0. The molecule has 0 fully saturated rings. The number of allylic oxidation sites excluding steroid dienone is 8. The average molecular weight is 740 g/mol. The molecule has 2 atom stereocenters. The van der Waals surface area contributed by atoms with Gasteiger partial charge in [-0.15, -0.1) is 0 Å². The van der Waals surface area contributed by atoms with Crippen molar-refractivity contribution in [2.45, 2.75) is 155 Å². The lowest BCUT2D eigenvalue weighted by Crippen LogP contribution is -2.37. The molecule has 0 bridgehead atoms. The van der Waals surface area contributed by atoms with Crippen molar-refractivity contribution in [2.75, 3.05) is 47.5 Å². The Bertz CT molecular complexity index is 1020. The summed E-state index contributed by atoms with van der Waals surface area (Å²) < 4.78 is 33.5. The summed E-state index contributed by atoms with van der Waals surface area (Å²) in [5.74, 6) is -0.863. The third-order valence-corrected chi connectivity index (χ3v) is 9.08. The Morgan fingerprint density at radius 3 is 1.67 bits per heavy atom. The van der Waals surface area contributed by atoms with Crippen LogP contribution in [-0.2, 0) is 32.7 Å². The second-order valence-corrected chi connectivity index (χ2v) is 15.7. The minimum Gasteiger partial charge on any atom is -0.756 e. The number of quaternary nitrogens is 1. The summed E-state index contributed by atoms with van der Waals surface area (Å²) in [6.07, 6.45) is 37.7. The topological polar surface area (TPSA) is 111 Å². The fraction of sp³-hybridized carbons (Fsp3) is 0.756. The summed E-state index contributed by atoms with van der Waals surface area (Å²) in [5.41, 5.74) is 0. The van der Waals surface area contributed by atoms with Crippen molar-refractivity contribution in [1.29, 1.82) is 0 Å². The number of nitrogens with zero attached hydrogens (tertiary/aromatic N) is 1. The van der Waals surface area contributed by atoms with Gasteiger partial charge in [0.1, 0.15) is 19.8 Å². The molecule has 0 aromatic heterocycles. The van der Waals surface area contributed by atoms with Crippen LogP contribution in [0, 0.1) is 0 Å². The van der Waals surface area contributed by atoms with Gasteiger partial charge in [0.25, 0.3) is 7.82 Å². The van der Waals surface area contributed by atoms with Gasteiger partial charge in [-0.05, 0) is 51.4 Å². The normalized spacial score (nSPS) is 14.2. The van der Waals surface area contributed by atoms with E-state index in [2.05, 4.69) is 62.5 Å². The Hall–Kier alpha value is -2.03. The molecule has 0 radical (unpaired) electrons. The van der Waals surface area contributed by atoms with Crippen LogP contribution >= 0.6 is 7.82 Å². The van der Waals surface area contributed by atoms with Gasteiger partial charge < -0.3 is 27.9 Å². The largest absolute Gasteiger partial charge is 0.756 e. The summed E-state index contributed by atoms with van der Waals surface area (Å²) in [6.45, 7) is 3.95. The Morgan fingerprint density at radius 2 is 1.12 bits per heavy atom. The number of carbonyl (C=O) groups excluding carboxylic acids is 2. The van der Waals surface area contributed by atoms with Gasteiger partial charge in [0, 0.05) is 12.8 Å². The quantitative estimate of drug-likeness (QED) is 0.0208. The molecular weight excluding hydrogens is 665 g/mol. The van der Waals surface area contributed by atoms with Gasteiger partial charge in [0.05, 0.1) is 27.7 Å². The first-order valence-corrected chi connectivity index (χ1v) is 21.3. The molecule has 296 valence electrons. The van der Waals surface area contributed by atoms with E-state index in [9.17, 15) is 19.0 Å². The van der Waals surface area contributed by atoms with Crippen LogP contribution in [0.2, 0.25) is 0 Å². The predicted octanol–water partition coefficient (Wildman–Crippen LogP) is 10.1. The highest BCUT2D eigenvalue weighted by atomic mass is 31.2. The minimum atomic E-state index is -4.61. The summed E-state index contributed by atoms with van der Waals surface area (Å²) in [4.78, 5) is 37.0. The van der Waals surface area contributed by atoms with Crippen molar-refractivity contribution in [3.63, 3.8) is 0 Å². The molecule has 51 heavy (non-hydrogen) atoms. The molecule has 0 heterocycles. The minimum absolute atomic E-state index is 0.0330. The number of phosphoric ester groups is 1. The third-order valence-electron chi connectivity index (χ3n) is 8.11. The number of esters is 2. The van der Waals surface area contributed by atoms with Crippen LogP contribution in [-0.4, -0.2) is 70.0 Å². The zero-order valence-electron chi connectivity index (χ0n) is 33.0. The molecule has 0 saturated heterocycles. The van der Waals surface area contributed by atoms with Crippen molar-refractivity contribution in [1.82, 2.24) is 0 Å². The molecule has 0 spiro atoms. The average Bonchev–Trinajstić information content (AvgIpc) is 3.07. The number of likely N-dealkylation sites (N-methyl/N-ethyl adjacent to an activating group) is 1. The van der Waals surface area contributed by atoms with Crippen LogP contribution in [0.15, 0.2) is 48.6 Å². The van der Waals surface area contributed by atoms with Gasteiger partial charge in [0.15, 0.2) is 6.10 Å². The summed E-state index contributed by atoms with van der Waals surface area (Å²) in [5, 5.41) is 0. The number of ether oxygens (including phenoxy) is 2. The Balaban J connectivity index is 4.13. The molecule has 0 aromatic rings. The van der Waals surface area contributed by atoms with Gasteiger partial charge in [-0.2, -0.15) is 0 Å². The van der Waals surface area contributed by atoms with Crippen molar-refractivity contribution in [3.8, 4) is 0 Å². The van der Waals surface area contributed by atoms with E-state index >= 15 is 0 Å². The molecule has 0 rings (SSSR count). The molecule has 0 aliphatic rings. The van der Waals surface area contributed by atoms with E-state index in [1.54, 1.807) is 0 Å². The molecule has 2 unspecified atom stereocenters. The molecular formula is C41H74NO8P. The highest BCUT2D eigenvalue weighted by Gasteiger charge is 2.21. The maximum absolute atomic E-state index is 12.6. The lowest BCUT2D eigenvalue weighted by atomic mass is 10.0. The lowest BCUT2D eigenvalue weighted by molar-refractivity contribution is -0.870. The molecule has 9 nitrogen and oxygen atoms in total. The molecule has 0 N–H and O–H groups in total. The van der Waals surface area contributed by atoms with Crippen LogP contribution in [0.1, 0.15) is 149 Å². The summed E-state index contributed by atoms with van der Waals surface area (Å²) in [7, 11) is 1.15. The molecule has 0 saturated carbocycles. The second kappa shape index (κ2) is 33.8. The Kier molecular flexibility index (Phi) is 32.4. The third kappa shape index (κ3) is 37.5. The fourth-order valence-corrected chi connectivity index (χ4v) is 5.73. The molecule has 0 aliphatic carbocycles. The molecule has 0 aromatic carbocycles. The van der Waals surface area contributed by atoms with E-state index in [4.69, 9.17) is 18.5 Å². The Morgan fingerprint density at radius 1 is 0.627 bits per heavy atom. The highest BCUT2D eigenvalue weighted by molar-refractivity contribution is 7.45. The number of unbranched alkanes of at least 4 members (excludes halogenated alkanes) is 13. The maximum Gasteiger partial charge on any atom is 0.306 e. The fourth-order valence-electron chi connectivity index (χ4n) is 5.00. The van der Waals surface area contributed by atoms with E-state index < -0.39 is 32.5 Å². The molecule has 0 amide bonds. The number of hydrogen-bond donors (Lipinski definition) is 0. The Labute approximate surface area is 312 Å². The van der Waals surface area contributed by atoms with Crippen LogP contribution in [0.5, 0.6) is 0 Å². The predicted molar refractivity (Wildman–Crippen MR) is 208 cm³/mol. The first kappa shape index (κ1) is 49.0. The lowest BCUT2D eigenvalue weighted by Gasteiger charge is -2.28. The number of phosphoric acid groups is 1. The smallest absolute Gasteiger partial charge is 0.306 e. The molecule has 0 aliphatic heterocycles. The van der Waals surface area contributed by atoms with E-state index in [0.717, 1.165) is 77.0 Å². The van der Waals surface area contributed by atoms with Crippen LogP contribution in [0.4, 0.5) is 0 Å². The standard InChI is InChI=1S/C41H74NO8P/c1-6-8-10-12-13-14-15-16-17-18-19-20-21-22-23-24-25-26-27-28-29-30-32-34-41(44)50-39(37-47-40(43)33-31-11-9-7-2)38-49-51(45,46)48-36-35-42(3,4)5/h8,10,13-14,16-17,19-20,39H,6-7,9,11-12,15,18,21-38H2,1-5H3/b10-8-,14-13-,17-16-,20-19-. The van der Waals surface area contributed by atoms with Crippen LogP contribution in [0.25, 0.3) is 0 Å². The van der Waals surface area contributed by atoms with Crippen molar-refractivity contribution in [3.05, 3.63) is 48.6 Å². The van der Waals surface area contributed by atoms with Crippen molar-refractivity contribution < 1.29 is 42.1 Å². The van der Waals surface area contributed by atoms with Gasteiger partial charge in [-0.25, -0.2) is 0 Å². The SMILES string of the molecule is CC/C=C\C/C=C\C/C=C\C/C=C\CCCCCCCCCCCCC(=O)OC(COC(=O)CCCCCC)COP(=O)([O-])OCC[N+](C)(C)C. The second-order valence-electron chi connectivity index (χ2n) is 14.3. The zero-order valence-corrected chi connectivity index (χ0v) is 33.9. The van der Waals surface area contributed by atoms with E-state index in [-0.39, 0.29) is 26.1 Å². The number of carbonyl (C=O) groups is 2. The molecule has 10 heteroatoms. The first-order valence-electron chi connectivity index (χ1n) is 19.8. The van der Waals surface area contributed by atoms with Crippen LogP contribution in [0.3, 0.4) is 0 Å². The van der Waals surface area contributed by atoms with Gasteiger partial charge in [0.2, 0.25) is 0 Å². The van der Waals surface area contributed by atoms with Gasteiger partial charge in [-0.3, -0.25) is 14.2 Å². The van der Waals surface area contributed by atoms with Gasteiger partial charge in [-0.1, -0.05) is 133 Å². The van der Waals surface area contributed by atoms with E-state index in [0.29, 0.717) is 17.4 Å². The number of hydrogen-bond acceptors (Lipinski definition) is 8. The van der Waals surface area contributed by atoms with Crippen molar-refractivity contribution in [2.24, 2.45) is 0 Å². The van der Waals surface area contributed by atoms with Crippen LogP contribution < -0.4 is 4.89 Å². The maximum atomic E-state index is 12.6. The zero-order chi connectivity index (χ0) is 37.9.